The van der Waals surface area contributed by atoms with Crippen molar-refractivity contribution in [1.82, 2.24) is 4.98 Å². The van der Waals surface area contributed by atoms with Gasteiger partial charge < -0.3 is 10.0 Å². The summed E-state index contributed by atoms with van der Waals surface area (Å²) >= 11 is 0.679. The number of Topliss-reactive ketones (excluding diaryl/α,β-unsaturated/α-hetero) is 1. The lowest BCUT2D eigenvalue weighted by Gasteiger charge is -2.25. The maximum absolute atomic E-state index is 13.6. The molecule has 5 rings (SSSR count). The number of hydrogen-bond acceptors (Lipinski definition) is 10. The van der Waals surface area contributed by atoms with Gasteiger partial charge in [0.2, 0.25) is 9.84 Å². The van der Waals surface area contributed by atoms with Crippen LogP contribution in [0.15, 0.2) is 93.7 Å². The van der Waals surface area contributed by atoms with Crippen molar-refractivity contribution in [2.75, 3.05) is 23.9 Å². The molecular formula is C32H30N4O7S2. The third kappa shape index (κ3) is 5.83. The molecule has 13 heteroatoms. The van der Waals surface area contributed by atoms with Crippen LogP contribution in [0.4, 0.5) is 16.5 Å². The van der Waals surface area contributed by atoms with Crippen LogP contribution in [0.5, 0.6) is 0 Å². The number of aromatic nitrogens is 1. The van der Waals surface area contributed by atoms with E-state index in [1.165, 1.54) is 0 Å². The lowest BCUT2D eigenvalue weighted by molar-refractivity contribution is -0.384. The van der Waals surface area contributed by atoms with Crippen LogP contribution < -0.4 is 9.80 Å². The molecule has 0 aliphatic carbocycles. The van der Waals surface area contributed by atoms with E-state index in [9.17, 15) is 33.2 Å². The first-order valence-corrected chi connectivity index (χ1v) is 16.1. The van der Waals surface area contributed by atoms with Crippen molar-refractivity contribution in [1.29, 1.82) is 0 Å². The van der Waals surface area contributed by atoms with Crippen molar-refractivity contribution in [3.05, 3.63) is 111 Å². The standard InChI is InChI=1S/C32H30N4O7S2/c1-32(2,3)21-10-6-19(7-11-21)27-26(28(37)20-8-12-22(13-9-20)34(4)5)29(38)30(39)35(27)31-33-18-25(44-31)45(42,43)24-16-14-23(15-17-24)36(40)41/h6-18,27,37H,1-5H3. The smallest absolute Gasteiger partial charge is 0.301 e. The van der Waals surface area contributed by atoms with Gasteiger partial charge >= 0.3 is 5.91 Å². The van der Waals surface area contributed by atoms with Crippen molar-refractivity contribution in [3.8, 4) is 0 Å². The van der Waals surface area contributed by atoms with Gasteiger partial charge in [0.05, 0.1) is 27.6 Å². The van der Waals surface area contributed by atoms with E-state index in [0.29, 0.717) is 22.5 Å². The van der Waals surface area contributed by atoms with Crippen LogP contribution in [0, 0.1) is 10.1 Å². The average molecular weight is 647 g/mol. The molecule has 1 saturated heterocycles. The Labute approximate surface area is 264 Å². The number of benzene rings is 3. The Morgan fingerprint density at radius 2 is 1.58 bits per heavy atom. The molecule has 4 aromatic rings. The minimum Gasteiger partial charge on any atom is -0.507 e. The fourth-order valence-electron chi connectivity index (χ4n) is 4.93. The van der Waals surface area contributed by atoms with Gasteiger partial charge in [-0.15, -0.1) is 0 Å². The summed E-state index contributed by atoms with van der Waals surface area (Å²) in [6, 6.07) is 17.5. The fraction of sp³-hybridized carbons (Fsp3) is 0.219. The number of nitrogens with zero attached hydrogens (tertiary/aromatic N) is 4. The summed E-state index contributed by atoms with van der Waals surface area (Å²) in [6.07, 6.45) is 1.08. The molecule has 1 atom stereocenters. The molecule has 2 heterocycles. The molecule has 0 spiro atoms. The molecule has 45 heavy (non-hydrogen) atoms. The summed E-state index contributed by atoms with van der Waals surface area (Å²) in [4.78, 5) is 44.6. The van der Waals surface area contributed by atoms with Gasteiger partial charge in [-0.25, -0.2) is 13.4 Å². The number of amides is 1. The van der Waals surface area contributed by atoms with E-state index < -0.39 is 32.5 Å². The van der Waals surface area contributed by atoms with E-state index in [1.807, 2.05) is 51.9 Å². The van der Waals surface area contributed by atoms with E-state index in [2.05, 4.69) is 4.98 Å². The Hall–Kier alpha value is -4.88. The fourth-order valence-corrected chi connectivity index (χ4v) is 7.48. The Kier molecular flexibility index (Phi) is 8.10. The van der Waals surface area contributed by atoms with Gasteiger partial charge in [0.15, 0.2) is 5.13 Å². The summed E-state index contributed by atoms with van der Waals surface area (Å²) in [5, 5.41) is 22.4. The lowest BCUT2D eigenvalue weighted by Crippen LogP contribution is -2.29. The summed E-state index contributed by atoms with van der Waals surface area (Å²) in [5.74, 6) is -2.29. The molecule has 1 unspecified atom stereocenters. The molecule has 0 saturated carbocycles. The van der Waals surface area contributed by atoms with Crippen LogP contribution >= 0.6 is 11.3 Å². The number of ketones is 1. The minimum absolute atomic E-state index is 0.0653. The van der Waals surface area contributed by atoms with Gasteiger partial charge in [-0.3, -0.25) is 24.6 Å². The Bertz CT molecular complexity index is 1940. The van der Waals surface area contributed by atoms with E-state index in [-0.39, 0.29) is 36.7 Å². The highest BCUT2D eigenvalue weighted by Gasteiger charge is 2.48. The van der Waals surface area contributed by atoms with Gasteiger partial charge in [0.1, 0.15) is 9.97 Å². The number of non-ortho nitro benzene ring substituents is 1. The lowest BCUT2D eigenvalue weighted by atomic mass is 9.85. The largest absolute Gasteiger partial charge is 0.507 e. The number of rotatable bonds is 7. The predicted octanol–water partition coefficient (Wildman–Crippen LogP) is 5.87. The first kappa shape index (κ1) is 31.5. The number of thiazole rings is 1. The van der Waals surface area contributed by atoms with Crippen molar-refractivity contribution in [3.63, 3.8) is 0 Å². The topological polar surface area (TPSA) is 151 Å². The summed E-state index contributed by atoms with van der Waals surface area (Å²) in [5.41, 5.74) is 2.12. The number of nitro groups is 1. The van der Waals surface area contributed by atoms with E-state index in [1.54, 1.807) is 36.4 Å². The van der Waals surface area contributed by atoms with E-state index >= 15 is 0 Å². The number of aliphatic hydroxyl groups excluding tert-OH is 1. The quantitative estimate of drug-likeness (QED) is 0.0854. The molecule has 0 bridgehead atoms. The maximum atomic E-state index is 13.6. The summed E-state index contributed by atoms with van der Waals surface area (Å²) in [7, 11) is -0.430. The van der Waals surface area contributed by atoms with Crippen LogP contribution in [0.1, 0.15) is 43.5 Å². The molecule has 1 N–H and O–H groups in total. The first-order valence-electron chi connectivity index (χ1n) is 13.8. The minimum atomic E-state index is -4.16. The van der Waals surface area contributed by atoms with Crippen molar-refractivity contribution in [2.24, 2.45) is 0 Å². The predicted molar refractivity (Wildman–Crippen MR) is 171 cm³/mol. The van der Waals surface area contributed by atoms with Gasteiger partial charge in [0, 0.05) is 37.5 Å². The SMILES string of the molecule is CN(C)c1ccc(C(O)=C2C(=O)C(=O)N(c3ncc(S(=O)(=O)c4ccc([N+](=O)[O-])cc4)s3)C2c2ccc(C(C)(C)C)cc2)cc1. The van der Waals surface area contributed by atoms with Crippen molar-refractivity contribution >= 4 is 55.1 Å². The van der Waals surface area contributed by atoms with Crippen LogP contribution in [-0.4, -0.2) is 49.2 Å². The molecule has 1 fully saturated rings. The van der Waals surface area contributed by atoms with Crippen LogP contribution in [0.25, 0.3) is 5.76 Å². The zero-order valence-electron chi connectivity index (χ0n) is 25.1. The summed E-state index contributed by atoms with van der Waals surface area (Å²) in [6.45, 7) is 6.15. The number of aliphatic hydroxyl groups is 1. The Morgan fingerprint density at radius 1 is 0.978 bits per heavy atom. The second-order valence-corrected chi connectivity index (χ2v) is 14.9. The molecule has 1 aliphatic rings. The van der Waals surface area contributed by atoms with Gasteiger partial charge in [-0.1, -0.05) is 56.4 Å². The van der Waals surface area contributed by atoms with Crippen molar-refractivity contribution < 1.29 is 28.0 Å². The molecule has 1 amide bonds. The van der Waals surface area contributed by atoms with E-state index in [4.69, 9.17) is 0 Å². The normalized spacial score (nSPS) is 16.6. The second kappa shape index (κ2) is 11.6. The van der Waals surface area contributed by atoms with Crippen LogP contribution in [0.2, 0.25) is 0 Å². The number of anilines is 2. The zero-order chi connectivity index (χ0) is 32.8. The molecule has 11 nitrogen and oxygen atoms in total. The molecule has 0 radical (unpaired) electrons. The monoisotopic (exact) mass is 646 g/mol. The second-order valence-electron chi connectivity index (χ2n) is 11.7. The zero-order valence-corrected chi connectivity index (χ0v) is 26.7. The molecule has 1 aromatic heterocycles. The third-order valence-corrected chi connectivity index (χ3v) is 10.7. The number of hydrogen-bond donors (Lipinski definition) is 1. The van der Waals surface area contributed by atoms with Gasteiger partial charge in [-0.2, -0.15) is 0 Å². The average Bonchev–Trinajstić information content (AvgIpc) is 3.60. The van der Waals surface area contributed by atoms with Crippen LogP contribution in [0.3, 0.4) is 0 Å². The van der Waals surface area contributed by atoms with Crippen molar-refractivity contribution in [2.45, 2.75) is 41.3 Å². The highest BCUT2D eigenvalue weighted by molar-refractivity contribution is 7.93. The Balaban J connectivity index is 1.63. The Morgan fingerprint density at radius 3 is 2.11 bits per heavy atom. The third-order valence-electron chi connectivity index (χ3n) is 7.50. The van der Waals surface area contributed by atoms with Crippen LogP contribution in [-0.2, 0) is 24.8 Å². The highest BCUT2D eigenvalue weighted by Crippen LogP contribution is 2.44. The van der Waals surface area contributed by atoms with Gasteiger partial charge in [-0.05, 0) is 52.9 Å². The first-order chi connectivity index (χ1) is 21.1. The number of sulfone groups is 1. The van der Waals surface area contributed by atoms with E-state index in [0.717, 1.165) is 46.6 Å². The maximum Gasteiger partial charge on any atom is 0.301 e. The number of carbonyl (C=O) groups is 2. The molecule has 232 valence electrons. The molecule has 3 aromatic carbocycles. The van der Waals surface area contributed by atoms with Gasteiger partial charge in [0.25, 0.3) is 11.5 Å². The molecule has 1 aliphatic heterocycles. The number of nitro benzene ring substituents is 1. The number of carbonyl (C=O) groups excluding carboxylic acids is 2. The molecular weight excluding hydrogens is 617 g/mol. The summed E-state index contributed by atoms with van der Waals surface area (Å²) < 4.78 is 26.5. The highest BCUT2D eigenvalue weighted by atomic mass is 32.2.